The van der Waals surface area contributed by atoms with Crippen LogP contribution in [0.25, 0.3) is 0 Å². The van der Waals surface area contributed by atoms with Crippen molar-refractivity contribution in [2.75, 3.05) is 27.2 Å². The minimum absolute atomic E-state index is 0.353. The largest absolute Gasteiger partial charge is 0.468 e. The highest BCUT2D eigenvalue weighted by Gasteiger charge is 2.28. The molecule has 0 saturated carbocycles. The van der Waals surface area contributed by atoms with Crippen LogP contribution in [-0.4, -0.2) is 48.6 Å². The van der Waals surface area contributed by atoms with E-state index in [0.29, 0.717) is 6.42 Å². The second-order valence-electron chi connectivity index (χ2n) is 5.39. The van der Waals surface area contributed by atoms with Crippen molar-refractivity contribution in [3.63, 3.8) is 0 Å². The normalized spacial score (nSPS) is 14.1. The Bertz CT molecular complexity index is 407. The maximum atomic E-state index is 11.5. The van der Waals surface area contributed by atoms with E-state index in [1.165, 1.54) is 7.11 Å². The molecule has 1 aromatic rings. The number of pyridine rings is 1. The van der Waals surface area contributed by atoms with Gasteiger partial charge in [-0.05, 0) is 45.5 Å². The quantitative estimate of drug-likeness (QED) is 0.725. The van der Waals surface area contributed by atoms with Gasteiger partial charge < -0.3 is 15.4 Å². The number of rotatable bonds is 8. The molecular formula is C15H25N3O2. The number of methoxy groups -OCH3 is 1. The standard InChI is InChI=1S/C15H25N3O2/c1-15(16,14(19)20-3)9-6-11-18(2)12-8-13-7-4-5-10-17-13/h4-5,7,10H,6,8-9,11-12,16H2,1-3H3. The van der Waals surface area contributed by atoms with Crippen molar-refractivity contribution in [1.82, 2.24) is 9.88 Å². The van der Waals surface area contributed by atoms with Gasteiger partial charge in [0.2, 0.25) is 0 Å². The summed E-state index contributed by atoms with van der Waals surface area (Å²) in [5.41, 5.74) is 6.12. The Morgan fingerprint density at radius 2 is 2.20 bits per heavy atom. The second-order valence-corrected chi connectivity index (χ2v) is 5.39. The summed E-state index contributed by atoms with van der Waals surface area (Å²) in [4.78, 5) is 18.0. The van der Waals surface area contributed by atoms with Gasteiger partial charge in [-0.1, -0.05) is 6.07 Å². The van der Waals surface area contributed by atoms with Crippen molar-refractivity contribution in [2.24, 2.45) is 5.73 Å². The van der Waals surface area contributed by atoms with Gasteiger partial charge in [-0.3, -0.25) is 9.78 Å². The van der Waals surface area contributed by atoms with E-state index in [-0.39, 0.29) is 5.97 Å². The van der Waals surface area contributed by atoms with Gasteiger partial charge >= 0.3 is 5.97 Å². The van der Waals surface area contributed by atoms with Gasteiger partial charge in [0.15, 0.2) is 0 Å². The molecule has 0 fully saturated rings. The van der Waals surface area contributed by atoms with Gasteiger partial charge in [0, 0.05) is 24.9 Å². The number of hydrogen-bond acceptors (Lipinski definition) is 5. The molecule has 112 valence electrons. The molecule has 5 heteroatoms. The number of nitrogens with two attached hydrogens (primary N) is 1. The summed E-state index contributed by atoms with van der Waals surface area (Å²) in [6.45, 7) is 3.56. The van der Waals surface area contributed by atoms with Crippen LogP contribution in [0, 0.1) is 0 Å². The summed E-state index contributed by atoms with van der Waals surface area (Å²) in [7, 11) is 3.43. The lowest BCUT2D eigenvalue weighted by atomic mass is 9.97. The number of hydrogen-bond donors (Lipinski definition) is 1. The van der Waals surface area contributed by atoms with Crippen LogP contribution in [0.5, 0.6) is 0 Å². The van der Waals surface area contributed by atoms with Gasteiger partial charge in [-0.15, -0.1) is 0 Å². The van der Waals surface area contributed by atoms with Crippen LogP contribution in [0.4, 0.5) is 0 Å². The molecule has 1 atom stereocenters. The van der Waals surface area contributed by atoms with Gasteiger partial charge in [0.05, 0.1) is 7.11 Å². The Morgan fingerprint density at radius 1 is 1.45 bits per heavy atom. The predicted octanol–water partition coefficient (Wildman–Crippen LogP) is 1.23. The van der Waals surface area contributed by atoms with Crippen LogP contribution in [0.1, 0.15) is 25.5 Å². The average molecular weight is 279 g/mol. The second kappa shape index (κ2) is 7.97. The van der Waals surface area contributed by atoms with Crippen LogP contribution in [0.15, 0.2) is 24.4 Å². The Balaban J connectivity index is 2.23. The zero-order chi connectivity index (χ0) is 15.0. The van der Waals surface area contributed by atoms with Crippen molar-refractivity contribution in [3.05, 3.63) is 30.1 Å². The summed E-state index contributed by atoms with van der Waals surface area (Å²) in [5, 5.41) is 0. The van der Waals surface area contributed by atoms with Crippen LogP contribution in [-0.2, 0) is 16.0 Å². The van der Waals surface area contributed by atoms with E-state index in [0.717, 1.165) is 31.6 Å². The van der Waals surface area contributed by atoms with E-state index in [9.17, 15) is 4.79 Å². The molecule has 20 heavy (non-hydrogen) atoms. The van der Waals surface area contributed by atoms with E-state index in [2.05, 4.69) is 16.9 Å². The Kier molecular flexibility index (Phi) is 6.61. The molecular weight excluding hydrogens is 254 g/mol. The van der Waals surface area contributed by atoms with Crippen molar-refractivity contribution < 1.29 is 9.53 Å². The van der Waals surface area contributed by atoms with E-state index < -0.39 is 5.54 Å². The maximum Gasteiger partial charge on any atom is 0.325 e. The molecule has 1 heterocycles. The van der Waals surface area contributed by atoms with Crippen LogP contribution in [0.3, 0.4) is 0 Å². The van der Waals surface area contributed by atoms with Gasteiger partial charge in [-0.25, -0.2) is 0 Å². The lowest BCUT2D eigenvalue weighted by Crippen LogP contribution is -2.46. The minimum Gasteiger partial charge on any atom is -0.468 e. The molecule has 0 amide bonds. The zero-order valence-corrected chi connectivity index (χ0v) is 12.6. The molecule has 0 spiro atoms. The number of esters is 1. The SMILES string of the molecule is COC(=O)C(C)(N)CCCN(C)CCc1ccccn1. The van der Waals surface area contributed by atoms with Crippen molar-refractivity contribution in [3.8, 4) is 0 Å². The topological polar surface area (TPSA) is 68.5 Å². The molecule has 0 aliphatic carbocycles. The molecule has 0 bridgehead atoms. The smallest absolute Gasteiger partial charge is 0.325 e. The first-order chi connectivity index (χ1) is 9.45. The highest BCUT2D eigenvalue weighted by molar-refractivity contribution is 5.79. The third-order valence-corrected chi connectivity index (χ3v) is 3.36. The molecule has 2 N–H and O–H groups in total. The summed E-state index contributed by atoms with van der Waals surface area (Å²) in [6, 6.07) is 5.95. The fraction of sp³-hybridized carbons (Fsp3) is 0.600. The van der Waals surface area contributed by atoms with E-state index in [4.69, 9.17) is 10.5 Å². The van der Waals surface area contributed by atoms with Crippen LogP contribution in [0.2, 0.25) is 0 Å². The predicted molar refractivity (Wildman–Crippen MR) is 79.3 cm³/mol. The summed E-state index contributed by atoms with van der Waals surface area (Å²) >= 11 is 0. The first kappa shape index (κ1) is 16.6. The monoisotopic (exact) mass is 279 g/mol. The first-order valence-corrected chi connectivity index (χ1v) is 6.91. The lowest BCUT2D eigenvalue weighted by molar-refractivity contribution is -0.146. The van der Waals surface area contributed by atoms with Gasteiger partial charge in [-0.2, -0.15) is 0 Å². The molecule has 0 aliphatic heterocycles. The molecule has 0 radical (unpaired) electrons. The molecule has 1 unspecified atom stereocenters. The number of nitrogens with zero attached hydrogens (tertiary/aromatic N) is 2. The zero-order valence-electron chi connectivity index (χ0n) is 12.6. The number of likely N-dealkylation sites (N-methyl/N-ethyl adjacent to an activating group) is 1. The van der Waals surface area contributed by atoms with Crippen molar-refractivity contribution in [1.29, 1.82) is 0 Å². The van der Waals surface area contributed by atoms with Gasteiger partial charge in [0.1, 0.15) is 5.54 Å². The Hall–Kier alpha value is -1.46. The molecule has 1 rings (SSSR count). The Morgan fingerprint density at radius 3 is 2.80 bits per heavy atom. The molecule has 1 aromatic heterocycles. The van der Waals surface area contributed by atoms with Gasteiger partial charge in [0.25, 0.3) is 0 Å². The number of carbonyl (C=O) groups is 1. The molecule has 0 aromatic carbocycles. The third kappa shape index (κ3) is 5.67. The van der Waals surface area contributed by atoms with Crippen molar-refractivity contribution >= 4 is 5.97 Å². The average Bonchev–Trinajstić information content (AvgIpc) is 2.45. The van der Waals surface area contributed by atoms with Crippen molar-refractivity contribution in [2.45, 2.75) is 31.7 Å². The highest BCUT2D eigenvalue weighted by Crippen LogP contribution is 2.11. The summed E-state index contributed by atoms with van der Waals surface area (Å²) in [5.74, 6) is -0.353. The summed E-state index contributed by atoms with van der Waals surface area (Å²) in [6.07, 6.45) is 4.22. The van der Waals surface area contributed by atoms with E-state index in [1.54, 1.807) is 6.92 Å². The molecule has 0 aliphatic rings. The third-order valence-electron chi connectivity index (χ3n) is 3.36. The molecule has 0 saturated heterocycles. The number of ether oxygens (including phenoxy) is 1. The number of carbonyl (C=O) groups excluding carboxylic acids is 1. The molecule has 5 nitrogen and oxygen atoms in total. The minimum atomic E-state index is -0.892. The van der Waals surface area contributed by atoms with E-state index in [1.807, 2.05) is 24.4 Å². The Labute approximate surface area is 121 Å². The van der Waals surface area contributed by atoms with Crippen LogP contribution >= 0.6 is 0 Å². The fourth-order valence-electron chi connectivity index (χ4n) is 2.01. The number of aromatic nitrogens is 1. The lowest BCUT2D eigenvalue weighted by Gasteiger charge is -2.23. The first-order valence-electron chi connectivity index (χ1n) is 6.91. The highest BCUT2D eigenvalue weighted by atomic mass is 16.5. The fourth-order valence-corrected chi connectivity index (χ4v) is 2.01. The van der Waals surface area contributed by atoms with Crippen LogP contribution < -0.4 is 5.73 Å². The maximum absolute atomic E-state index is 11.5. The summed E-state index contributed by atoms with van der Waals surface area (Å²) < 4.78 is 4.69. The van der Waals surface area contributed by atoms with E-state index >= 15 is 0 Å².